The van der Waals surface area contributed by atoms with E-state index in [1.54, 1.807) is 6.07 Å². The Bertz CT molecular complexity index is 966. The average Bonchev–Trinajstić information content (AvgIpc) is 2.60. The maximum Gasteiger partial charge on any atom is 0.274 e. The number of nitrogens with zero attached hydrogens (tertiary/aromatic N) is 2. The molecular weight excluding hydrogens is 324 g/mol. The molecular formula is C21H22N4O. The maximum atomic E-state index is 12.6. The van der Waals surface area contributed by atoms with Gasteiger partial charge in [0.25, 0.3) is 5.91 Å². The van der Waals surface area contributed by atoms with Crippen molar-refractivity contribution in [1.29, 1.82) is 0 Å². The topological polar surface area (TPSA) is 66.9 Å². The first kappa shape index (κ1) is 17.6. The Labute approximate surface area is 153 Å². The van der Waals surface area contributed by atoms with E-state index in [9.17, 15) is 4.79 Å². The Kier molecular flexibility index (Phi) is 4.98. The highest BCUT2D eigenvalue weighted by molar-refractivity contribution is 6.03. The van der Waals surface area contributed by atoms with E-state index in [-0.39, 0.29) is 5.91 Å². The summed E-state index contributed by atoms with van der Waals surface area (Å²) in [6, 6.07) is 15.3. The number of aromatic nitrogens is 2. The number of benzene rings is 2. The number of carbonyl (C=O) groups excluding carboxylic acids is 1. The zero-order chi connectivity index (χ0) is 18.7. The Morgan fingerprint density at radius 3 is 2.31 bits per heavy atom. The second kappa shape index (κ2) is 7.35. The van der Waals surface area contributed by atoms with E-state index >= 15 is 0 Å². The summed E-state index contributed by atoms with van der Waals surface area (Å²) in [6.45, 7) is 7.90. The van der Waals surface area contributed by atoms with E-state index in [2.05, 4.69) is 33.6 Å². The molecule has 3 rings (SSSR count). The van der Waals surface area contributed by atoms with Gasteiger partial charge in [0, 0.05) is 17.1 Å². The van der Waals surface area contributed by atoms with Gasteiger partial charge in [0.2, 0.25) is 5.95 Å². The van der Waals surface area contributed by atoms with Gasteiger partial charge in [-0.25, -0.2) is 9.97 Å². The predicted octanol–water partition coefficient (Wildman–Crippen LogP) is 4.71. The molecule has 1 heterocycles. The molecule has 0 atom stereocenters. The zero-order valence-corrected chi connectivity index (χ0v) is 15.4. The summed E-state index contributed by atoms with van der Waals surface area (Å²) in [5, 5.41) is 6.13. The van der Waals surface area contributed by atoms with Crippen LogP contribution in [0.5, 0.6) is 0 Å². The van der Waals surface area contributed by atoms with Gasteiger partial charge in [-0.05, 0) is 62.6 Å². The van der Waals surface area contributed by atoms with Crippen molar-refractivity contribution in [3.05, 3.63) is 76.6 Å². The van der Waals surface area contributed by atoms with Crippen LogP contribution in [0.4, 0.5) is 17.3 Å². The molecule has 26 heavy (non-hydrogen) atoms. The fraction of sp³-hybridized carbons (Fsp3) is 0.190. The number of rotatable bonds is 4. The van der Waals surface area contributed by atoms with Crippen molar-refractivity contribution < 1.29 is 4.79 Å². The number of hydrogen-bond acceptors (Lipinski definition) is 4. The van der Waals surface area contributed by atoms with Gasteiger partial charge in [-0.3, -0.25) is 4.79 Å². The van der Waals surface area contributed by atoms with E-state index < -0.39 is 0 Å². The summed E-state index contributed by atoms with van der Waals surface area (Å²) in [5.74, 6) is 0.155. The molecule has 132 valence electrons. The normalized spacial score (nSPS) is 10.5. The number of nitrogens with one attached hydrogen (secondary N) is 2. The van der Waals surface area contributed by atoms with Crippen molar-refractivity contribution in [3.63, 3.8) is 0 Å². The second-order valence-electron chi connectivity index (χ2n) is 6.36. The highest BCUT2D eigenvalue weighted by atomic mass is 16.1. The van der Waals surface area contributed by atoms with Gasteiger partial charge in [-0.15, -0.1) is 0 Å². The van der Waals surface area contributed by atoms with E-state index in [1.165, 1.54) is 5.56 Å². The number of para-hydroxylation sites is 1. The minimum atomic E-state index is -0.256. The van der Waals surface area contributed by atoms with Crippen LogP contribution in [0, 0.1) is 27.7 Å². The van der Waals surface area contributed by atoms with Crippen LogP contribution in [0.25, 0.3) is 0 Å². The summed E-state index contributed by atoms with van der Waals surface area (Å²) in [5.41, 5.74) is 6.07. The van der Waals surface area contributed by atoms with Gasteiger partial charge >= 0.3 is 0 Å². The van der Waals surface area contributed by atoms with E-state index in [0.29, 0.717) is 11.6 Å². The van der Waals surface area contributed by atoms with Crippen LogP contribution < -0.4 is 10.6 Å². The molecule has 1 aromatic heterocycles. The molecule has 2 N–H and O–H groups in total. The lowest BCUT2D eigenvalue weighted by Gasteiger charge is -2.12. The molecule has 3 aromatic rings. The van der Waals surface area contributed by atoms with E-state index in [0.717, 1.165) is 28.2 Å². The zero-order valence-electron chi connectivity index (χ0n) is 15.4. The first-order valence-electron chi connectivity index (χ1n) is 8.50. The van der Waals surface area contributed by atoms with Crippen molar-refractivity contribution in [2.45, 2.75) is 27.7 Å². The lowest BCUT2D eigenvalue weighted by molar-refractivity contribution is 0.102. The summed E-state index contributed by atoms with van der Waals surface area (Å²) in [4.78, 5) is 21.4. The van der Waals surface area contributed by atoms with E-state index in [1.807, 2.05) is 57.2 Å². The van der Waals surface area contributed by atoms with Crippen molar-refractivity contribution in [2.24, 2.45) is 0 Å². The molecule has 0 aliphatic rings. The van der Waals surface area contributed by atoms with Crippen molar-refractivity contribution in [3.8, 4) is 0 Å². The first-order valence-corrected chi connectivity index (χ1v) is 8.50. The van der Waals surface area contributed by atoms with Gasteiger partial charge in [-0.2, -0.15) is 0 Å². The lowest BCUT2D eigenvalue weighted by atomic mass is 10.1. The minimum Gasteiger partial charge on any atom is -0.324 e. The van der Waals surface area contributed by atoms with Crippen molar-refractivity contribution in [1.82, 2.24) is 9.97 Å². The van der Waals surface area contributed by atoms with E-state index in [4.69, 9.17) is 0 Å². The molecule has 0 unspecified atom stereocenters. The molecule has 2 aromatic carbocycles. The molecule has 0 bridgehead atoms. The molecule has 0 spiro atoms. The summed E-state index contributed by atoms with van der Waals surface area (Å²) in [7, 11) is 0. The summed E-state index contributed by atoms with van der Waals surface area (Å²) in [6.07, 6.45) is 0. The molecule has 1 amide bonds. The Hall–Kier alpha value is -3.21. The largest absolute Gasteiger partial charge is 0.324 e. The van der Waals surface area contributed by atoms with Gasteiger partial charge < -0.3 is 10.6 Å². The lowest BCUT2D eigenvalue weighted by Crippen LogP contribution is -2.16. The average molecular weight is 346 g/mol. The van der Waals surface area contributed by atoms with Crippen LogP contribution in [0.3, 0.4) is 0 Å². The van der Waals surface area contributed by atoms with Gasteiger partial charge in [-0.1, -0.05) is 30.3 Å². The number of carbonyl (C=O) groups is 1. The Morgan fingerprint density at radius 2 is 1.54 bits per heavy atom. The van der Waals surface area contributed by atoms with Gasteiger partial charge in [0.15, 0.2) is 0 Å². The van der Waals surface area contributed by atoms with Gasteiger partial charge in [0.05, 0.1) is 0 Å². The van der Waals surface area contributed by atoms with Crippen LogP contribution in [0.2, 0.25) is 0 Å². The van der Waals surface area contributed by atoms with Crippen LogP contribution in [-0.2, 0) is 0 Å². The number of amides is 1. The summed E-state index contributed by atoms with van der Waals surface area (Å²) < 4.78 is 0. The molecule has 0 saturated carbocycles. The van der Waals surface area contributed by atoms with Crippen molar-refractivity contribution >= 4 is 23.2 Å². The quantitative estimate of drug-likeness (QED) is 0.718. The second-order valence-corrected chi connectivity index (χ2v) is 6.36. The highest BCUT2D eigenvalue weighted by Gasteiger charge is 2.13. The summed E-state index contributed by atoms with van der Waals surface area (Å²) >= 11 is 0. The Morgan fingerprint density at radius 1 is 0.846 bits per heavy atom. The number of anilines is 3. The SMILES string of the molecule is Cc1cc(C(=O)Nc2ccccc2C)nc(Nc2cccc(C)c2C)n1. The standard InChI is InChI=1S/C21H22N4O/c1-13-9-7-11-18(16(13)4)24-21-22-15(3)12-19(25-21)20(26)23-17-10-6-5-8-14(17)2/h5-12H,1-4H3,(H,23,26)(H,22,24,25). The fourth-order valence-corrected chi connectivity index (χ4v) is 2.65. The third-order valence-electron chi connectivity index (χ3n) is 4.33. The van der Waals surface area contributed by atoms with Crippen LogP contribution in [-0.4, -0.2) is 15.9 Å². The molecule has 0 radical (unpaired) electrons. The number of aryl methyl sites for hydroxylation is 3. The smallest absolute Gasteiger partial charge is 0.274 e. The molecule has 0 fully saturated rings. The van der Waals surface area contributed by atoms with Crippen LogP contribution in [0.15, 0.2) is 48.5 Å². The molecule has 5 nitrogen and oxygen atoms in total. The van der Waals surface area contributed by atoms with Crippen LogP contribution in [0.1, 0.15) is 32.9 Å². The number of hydrogen-bond donors (Lipinski definition) is 2. The third-order valence-corrected chi connectivity index (χ3v) is 4.33. The Balaban J connectivity index is 1.86. The fourth-order valence-electron chi connectivity index (χ4n) is 2.65. The molecule has 0 aliphatic heterocycles. The molecule has 0 aliphatic carbocycles. The minimum absolute atomic E-state index is 0.256. The monoisotopic (exact) mass is 346 g/mol. The molecule has 5 heteroatoms. The molecule has 0 saturated heterocycles. The maximum absolute atomic E-state index is 12.6. The highest BCUT2D eigenvalue weighted by Crippen LogP contribution is 2.21. The predicted molar refractivity (Wildman–Crippen MR) is 105 cm³/mol. The van der Waals surface area contributed by atoms with Crippen LogP contribution >= 0.6 is 0 Å². The third kappa shape index (κ3) is 3.88. The van der Waals surface area contributed by atoms with Crippen molar-refractivity contribution in [2.75, 3.05) is 10.6 Å². The van der Waals surface area contributed by atoms with Gasteiger partial charge in [0.1, 0.15) is 5.69 Å². The first-order chi connectivity index (χ1) is 12.4.